The van der Waals surface area contributed by atoms with Crippen LogP contribution in [0.4, 0.5) is 0 Å². The van der Waals surface area contributed by atoms with Gasteiger partial charge in [-0.1, -0.05) is 30.3 Å². The molecule has 0 aliphatic heterocycles. The lowest BCUT2D eigenvalue weighted by Crippen LogP contribution is -2.28. The van der Waals surface area contributed by atoms with Crippen molar-refractivity contribution in [3.63, 3.8) is 0 Å². The number of nitrogens with one attached hydrogen (secondary N) is 1. The quantitative estimate of drug-likeness (QED) is 0.387. The molecule has 0 fully saturated rings. The highest BCUT2D eigenvalue weighted by atomic mass is 127. The summed E-state index contributed by atoms with van der Waals surface area (Å²) in [6, 6.07) is 10.4. The molecular formula is C17H14I3NO5. The summed E-state index contributed by atoms with van der Waals surface area (Å²) in [7, 11) is 0. The number of carboxylic acids is 1. The van der Waals surface area contributed by atoms with E-state index in [1.807, 2.05) is 45.2 Å². The molecule has 0 saturated heterocycles. The lowest BCUT2D eigenvalue weighted by atomic mass is 10.1. The van der Waals surface area contributed by atoms with E-state index in [0.29, 0.717) is 27.6 Å². The third-order valence-corrected chi connectivity index (χ3v) is 6.00. The summed E-state index contributed by atoms with van der Waals surface area (Å²) >= 11 is 6.09. The van der Waals surface area contributed by atoms with Crippen LogP contribution in [0.3, 0.4) is 0 Å². The average Bonchev–Trinajstić information content (AvgIpc) is 2.60. The SMILES string of the molecule is O=C(NCCO)c1c(I)cc(I)c(OC(C(=O)O)c2ccccc2)c1I. The molecule has 3 N–H and O–H groups in total. The van der Waals surface area contributed by atoms with Gasteiger partial charge in [0, 0.05) is 15.7 Å². The van der Waals surface area contributed by atoms with E-state index in [9.17, 15) is 14.7 Å². The van der Waals surface area contributed by atoms with E-state index < -0.39 is 12.1 Å². The molecule has 0 aliphatic carbocycles. The molecule has 9 heteroatoms. The zero-order chi connectivity index (χ0) is 19.3. The van der Waals surface area contributed by atoms with Crippen LogP contribution in [0.5, 0.6) is 5.75 Å². The van der Waals surface area contributed by atoms with Crippen molar-refractivity contribution < 1.29 is 24.5 Å². The molecule has 1 amide bonds. The molecule has 2 aromatic carbocycles. The Kier molecular flexibility index (Phi) is 8.35. The minimum Gasteiger partial charge on any atom is -0.478 e. The second kappa shape index (κ2) is 10.0. The first-order valence-corrected chi connectivity index (χ1v) is 10.6. The van der Waals surface area contributed by atoms with Gasteiger partial charge in [0.1, 0.15) is 5.75 Å². The smallest absolute Gasteiger partial charge is 0.349 e. The second-order valence-corrected chi connectivity index (χ2v) is 8.49. The number of amides is 1. The number of benzene rings is 2. The normalized spacial score (nSPS) is 11.7. The Balaban J connectivity index is 2.45. The van der Waals surface area contributed by atoms with E-state index >= 15 is 0 Å². The van der Waals surface area contributed by atoms with E-state index in [-0.39, 0.29) is 19.1 Å². The number of aliphatic carboxylic acids is 1. The molecule has 138 valence electrons. The van der Waals surface area contributed by atoms with Crippen molar-refractivity contribution in [3.05, 3.63) is 58.2 Å². The molecule has 0 aromatic heterocycles. The molecule has 0 aliphatic rings. The van der Waals surface area contributed by atoms with Crippen LogP contribution < -0.4 is 10.1 Å². The van der Waals surface area contributed by atoms with Gasteiger partial charge in [-0.05, 0) is 73.8 Å². The van der Waals surface area contributed by atoms with E-state index in [2.05, 4.69) is 27.9 Å². The predicted octanol–water partition coefficient (Wildman–Crippen LogP) is 3.43. The second-order valence-electron chi connectivity index (χ2n) is 5.08. The first kappa shape index (κ1) is 21.6. The molecular weight excluding hydrogens is 679 g/mol. The van der Waals surface area contributed by atoms with E-state index in [1.165, 1.54) is 0 Å². The molecule has 0 spiro atoms. The Morgan fingerprint density at radius 1 is 1.12 bits per heavy atom. The van der Waals surface area contributed by atoms with Crippen molar-refractivity contribution in [1.82, 2.24) is 5.32 Å². The van der Waals surface area contributed by atoms with Crippen molar-refractivity contribution in [3.8, 4) is 5.75 Å². The molecule has 1 atom stereocenters. The molecule has 0 bridgehead atoms. The minimum absolute atomic E-state index is 0.134. The number of halogens is 3. The van der Waals surface area contributed by atoms with Crippen molar-refractivity contribution in [2.24, 2.45) is 0 Å². The third kappa shape index (κ3) is 5.19. The van der Waals surface area contributed by atoms with Gasteiger partial charge in [-0.25, -0.2) is 4.79 Å². The minimum atomic E-state index is -1.19. The number of rotatable bonds is 7. The van der Waals surface area contributed by atoms with Gasteiger partial charge < -0.3 is 20.3 Å². The van der Waals surface area contributed by atoms with Crippen LogP contribution in [-0.4, -0.2) is 35.2 Å². The van der Waals surface area contributed by atoms with Gasteiger partial charge in [0.2, 0.25) is 6.10 Å². The molecule has 6 nitrogen and oxygen atoms in total. The summed E-state index contributed by atoms with van der Waals surface area (Å²) in [5.41, 5.74) is 0.906. The van der Waals surface area contributed by atoms with Crippen molar-refractivity contribution in [1.29, 1.82) is 0 Å². The van der Waals surface area contributed by atoms with Crippen LogP contribution in [0.15, 0.2) is 36.4 Å². The molecule has 2 rings (SSSR count). The lowest BCUT2D eigenvalue weighted by molar-refractivity contribution is -0.145. The van der Waals surface area contributed by atoms with Gasteiger partial charge in [0.25, 0.3) is 5.91 Å². The highest BCUT2D eigenvalue weighted by Gasteiger charge is 2.27. The van der Waals surface area contributed by atoms with Gasteiger partial charge in [-0.2, -0.15) is 0 Å². The Morgan fingerprint density at radius 3 is 2.35 bits per heavy atom. The van der Waals surface area contributed by atoms with Crippen molar-refractivity contribution in [2.75, 3.05) is 13.2 Å². The van der Waals surface area contributed by atoms with Crippen LogP contribution >= 0.6 is 67.8 Å². The maximum absolute atomic E-state index is 12.4. The summed E-state index contributed by atoms with van der Waals surface area (Å²) in [5, 5.41) is 21.1. The molecule has 1 unspecified atom stereocenters. The molecule has 2 aromatic rings. The van der Waals surface area contributed by atoms with Gasteiger partial charge in [0.15, 0.2) is 0 Å². The van der Waals surface area contributed by atoms with Crippen LogP contribution in [0.25, 0.3) is 0 Å². The number of ether oxygens (including phenoxy) is 1. The molecule has 0 saturated carbocycles. The fraction of sp³-hybridized carbons (Fsp3) is 0.176. The Bertz CT molecular complexity index is 814. The summed E-state index contributed by atoms with van der Waals surface area (Å²) in [6.45, 7) is -0.0311. The maximum Gasteiger partial charge on any atom is 0.349 e. The van der Waals surface area contributed by atoms with Crippen LogP contribution in [0, 0.1) is 10.7 Å². The van der Waals surface area contributed by atoms with Crippen LogP contribution in [-0.2, 0) is 4.79 Å². The first-order chi connectivity index (χ1) is 12.4. The average molecular weight is 693 g/mol. The molecule has 0 heterocycles. The van der Waals surface area contributed by atoms with Crippen LogP contribution in [0.2, 0.25) is 0 Å². The number of carbonyl (C=O) groups excluding carboxylic acids is 1. The summed E-state index contributed by atoms with van der Waals surface area (Å²) in [6.07, 6.45) is -1.19. The summed E-state index contributed by atoms with van der Waals surface area (Å²) in [4.78, 5) is 24.1. The highest BCUT2D eigenvalue weighted by molar-refractivity contribution is 14.1. The summed E-state index contributed by atoms with van der Waals surface area (Å²) in [5.74, 6) is -1.12. The predicted molar refractivity (Wildman–Crippen MR) is 121 cm³/mol. The molecule has 26 heavy (non-hydrogen) atoms. The Morgan fingerprint density at radius 2 is 1.77 bits per heavy atom. The first-order valence-electron chi connectivity index (χ1n) is 7.37. The largest absolute Gasteiger partial charge is 0.478 e. The lowest BCUT2D eigenvalue weighted by Gasteiger charge is -2.20. The topological polar surface area (TPSA) is 95.9 Å². The fourth-order valence-electron chi connectivity index (χ4n) is 2.15. The standard InChI is InChI=1S/C17H14I3NO5/c18-10-8-11(19)15(13(20)12(10)16(23)21-6-7-22)26-14(17(24)25)9-4-2-1-3-5-9/h1-5,8,14,22H,6-7H2,(H,21,23)(H,24,25). The number of hydrogen-bond acceptors (Lipinski definition) is 4. The number of carboxylic acid groups (broad SMARTS) is 1. The van der Waals surface area contributed by atoms with E-state index in [1.54, 1.807) is 36.4 Å². The monoisotopic (exact) mass is 693 g/mol. The number of carbonyl (C=O) groups is 2. The third-order valence-electron chi connectivity index (χ3n) is 3.31. The van der Waals surface area contributed by atoms with Crippen LogP contribution in [0.1, 0.15) is 22.0 Å². The van der Waals surface area contributed by atoms with Gasteiger partial charge in [0.05, 0.1) is 19.3 Å². The fourth-order valence-corrected chi connectivity index (χ4v) is 6.27. The number of hydrogen-bond donors (Lipinski definition) is 3. The highest BCUT2D eigenvalue weighted by Crippen LogP contribution is 2.36. The van der Waals surface area contributed by atoms with Crippen molar-refractivity contribution in [2.45, 2.75) is 6.10 Å². The van der Waals surface area contributed by atoms with E-state index in [4.69, 9.17) is 9.84 Å². The summed E-state index contributed by atoms with van der Waals surface area (Å²) < 4.78 is 7.77. The zero-order valence-corrected chi connectivity index (χ0v) is 19.7. The number of aliphatic hydroxyl groups is 1. The van der Waals surface area contributed by atoms with Crippen molar-refractivity contribution >= 4 is 79.6 Å². The van der Waals surface area contributed by atoms with Gasteiger partial charge in [-0.15, -0.1) is 0 Å². The Labute approximate surface area is 191 Å². The van der Waals surface area contributed by atoms with E-state index in [0.717, 1.165) is 0 Å². The zero-order valence-electron chi connectivity index (χ0n) is 13.2. The Hall–Kier alpha value is -0.670. The number of aliphatic hydroxyl groups excluding tert-OH is 1. The van der Waals surface area contributed by atoms with Gasteiger partial charge in [-0.3, -0.25) is 4.79 Å². The molecule has 0 radical (unpaired) electrons. The maximum atomic E-state index is 12.4. The van der Waals surface area contributed by atoms with Gasteiger partial charge >= 0.3 is 5.97 Å².